The molecule has 2 N–H and O–H groups in total. The highest BCUT2D eigenvalue weighted by molar-refractivity contribution is 6.04. The molecule has 0 atom stereocenters. The molecule has 31 heavy (non-hydrogen) atoms. The van der Waals surface area contributed by atoms with E-state index in [-0.39, 0.29) is 5.91 Å². The minimum Gasteiger partial charge on any atom is -0.494 e. The molecule has 6 nitrogen and oxygen atoms in total. The van der Waals surface area contributed by atoms with Crippen molar-refractivity contribution in [3.05, 3.63) is 96.8 Å². The smallest absolute Gasteiger partial charge is 0.255 e. The van der Waals surface area contributed by atoms with Crippen LogP contribution in [0.4, 0.5) is 17.2 Å². The van der Waals surface area contributed by atoms with E-state index in [2.05, 4.69) is 20.6 Å². The standard InChI is InChI=1S/C25H22N4O2/c1-2-31-22-14-8-19(9-15-22)25(30)29-21-12-10-20(11-13-21)28-24-16-23(26-17-27-24)18-6-4-3-5-7-18/h3-17H,2H2,1H3,(H,29,30)(H,26,27,28). The Morgan fingerprint density at radius 2 is 1.58 bits per heavy atom. The molecule has 0 bridgehead atoms. The largest absolute Gasteiger partial charge is 0.494 e. The van der Waals surface area contributed by atoms with Gasteiger partial charge < -0.3 is 15.4 Å². The maximum Gasteiger partial charge on any atom is 0.255 e. The summed E-state index contributed by atoms with van der Waals surface area (Å²) < 4.78 is 5.41. The summed E-state index contributed by atoms with van der Waals surface area (Å²) in [6.45, 7) is 2.51. The van der Waals surface area contributed by atoms with Crippen LogP contribution in [0.3, 0.4) is 0 Å². The van der Waals surface area contributed by atoms with E-state index in [1.54, 1.807) is 24.3 Å². The molecular formula is C25H22N4O2. The molecule has 0 saturated carbocycles. The van der Waals surface area contributed by atoms with Gasteiger partial charge in [-0.25, -0.2) is 9.97 Å². The van der Waals surface area contributed by atoms with Gasteiger partial charge in [-0.1, -0.05) is 30.3 Å². The number of hydrogen-bond acceptors (Lipinski definition) is 5. The molecule has 6 heteroatoms. The zero-order chi connectivity index (χ0) is 21.5. The third kappa shape index (κ3) is 5.25. The van der Waals surface area contributed by atoms with Crippen LogP contribution in [0.25, 0.3) is 11.3 Å². The van der Waals surface area contributed by atoms with Gasteiger partial charge in [0.1, 0.15) is 17.9 Å². The fraction of sp³-hybridized carbons (Fsp3) is 0.0800. The van der Waals surface area contributed by atoms with E-state index in [0.29, 0.717) is 23.7 Å². The van der Waals surface area contributed by atoms with Crippen molar-refractivity contribution in [2.45, 2.75) is 6.92 Å². The Kier molecular flexibility index (Phi) is 6.18. The van der Waals surface area contributed by atoms with Crippen molar-refractivity contribution in [3.8, 4) is 17.0 Å². The zero-order valence-corrected chi connectivity index (χ0v) is 17.1. The number of carbonyl (C=O) groups excluding carboxylic acids is 1. The van der Waals surface area contributed by atoms with Crippen LogP contribution < -0.4 is 15.4 Å². The third-order valence-electron chi connectivity index (χ3n) is 4.58. The number of nitrogens with one attached hydrogen (secondary N) is 2. The number of anilines is 3. The molecule has 0 aliphatic heterocycles. The number of rotatable bonds is 7. The maximum atomic E-state index is 12.4. The predicted octanol–water partition coefficient (Wildman–Crippen LogP) is 5.54. The van der Waals surface area contributed by atoms with Crippen LogP contribution in [0.1, 0.15) is 17.3 Å². The minimum absolute atomic E-state index is 0.174. The topological polar surface area (TPSA) is 76.1 Å². The Bertz CT molecular complexity index is 1140. The molecule has 4 aromatic rings. The van der Waals surface area contributed by atoms with Crippen molar-refractivity contribution in [1.82, 2.24) is 9.97 Å². The second-order valence-corrected chi connectivity index (χ2v) is 6.77. The van der Waals surface area contributed by atoms with Crippen molar-refractivity contribution in [3.63, 3.8) is 0 Å². The molecule has 0 spiro atoms. The number of nitrogens with zero attached hydrogens (tertiary/aromatic N) is 2. The van der Waals surface area contributed by atoms with E-state index in [1.807, 2.05) is 67.6 Å². The SMILES string of the molecule is CCOc1ccc(C(=O)Nc2ccc(Nc3cc(-c4ccccc4)ncn3)cc2)cc1. The normalized spacial score (nSPS) is 10.4. The molecule has 1 heterocycles. The first-order valence-electron chi connectivity index (χ1n) is 10.00. The lowest BCUT2D eigenvalue weighted by molar-refractivity contribution is 0.102. The van der Waals surface area contributed by atoms with Gasteiger partial charge in [0.25, 0.3) is 5.91 Å². The first-order valence-corrected chi connectivity index (χ1v) is 10.00. The highest BCUT2D eigenvalue weighted by Crippen LogP contribution is 2.22. The molecule has 0 unspecified atom stereocenters. The minimum atomic E-state index is -0.174. The van der Waals surface area contributed by atoms with Crippen LogP contribution in [0.5, 0.6) is 5.75 Å². The molecule has 154 valence electrons. The number of aromatic nitrogens is 2. The van der Waals surface area contributed by atoms with Gasteiger partial charge >= 0.3 is 0 Å². The number of ether oxygens (including phenoxy) is 1. The Labute approximate surface area is 181 Å². The third-order valence-corrected chi connectivity index (χ3v) is 4.58. The van der Waals surface area contributed by atoms with Crippen LogP contribution in [0, 0.1) is 0 Å². The summed E-state index contributed by atoms with van der Waals surface area (Å²) in [6, 6.07) is 26.4. The van der Waals surface area contributed by atoms with Crippen molar-refractivity contribution < 1.29 is 9.53 Å². The Morgan fingerprint density at radius 1 is 0.871 bits per heavy atom. The monoisotopic (exact) mass is 410 g/mol. The summed E-state index contributed by atoms with van der Waals surface area (Å²) in [5.74, 6) is 1.27. The van der Waals surface area contributed by atoms with Crippen molar-refractivity contribution >= 4 is 23.1 Å². The summed E-state index contributed by atoms with van der Waals surface area (Å²) in [7, 11) is 0. The molecule has 4 rings (SSSR count). The lowest BCUT2D eigenvalue weighted by Crippen LogP contribution is -2.11. The second kappa shape index (κ2) is 9.54. The molecule has 3 aromatic carbocycles. The Balaban J connectivity index is 1.40. The van der Waals surface area contributed by atoms with Crippen LogP contribution in [0.2, 0.25) is 0 Å². The van der Waals surface area contributed by atoms with Gasteiger partial charge in [0.05, 0.1) is 12.3 Å². The number of benzene rings is 3. The molecule has 1 aromatic heterocycles. The van der Waals surface area contributed by atoms with Gasteiger partial charge in [0.15, 0.2) is 0 Å². The second-order valence-electron chi connectivity index (χ2n) is 6.77. The van der Waals surface area contributed by atoms with Crippen molar-refractivity contribution in [2.24, 2.45) is 0 Å². The Hall–Kier alpha value is -4.19. The number of carbonyl (C=O) groups is 1. The van der Waals surface area contributed by atoms with E-state index in [1.165, 1.54) is 6.33 Å². The summed E-state index contributed by atoms with van der Waals surface area (Å²) >= 11 is 0. The number of amides is 1. The van der Waals surface area contributed by atoms with Crippen molar-refractivity contribution in [2.75, 3.05) is 17.2 Å². The molecule has 0 radical (unpaired) electrons. The van der Waals surface area contributed by atoms with Gasteiger partial charge in [-0.15, -0.1) is 0 Å². The zero-order valence-electron chi connectivity index (χ0n) is 17.1. The maximum absolute atomic E-state index is 12.4. The quantitative estimate of drug-likeness (QED) is 0.418. The lowest BCUT2D eigenvalue weighted by Gasteiger charge is -2.09. The fourth-order valence-corrected chi connectivity index (χ4v) is 3.05. The van der Waals surface area contributed by atoms with Crippen molar-refractivity contribution in [1.29, 1.82) is 0 Å². The van der Waals surface area contributed by atoms with E-state index in [4.69, 9.17) is 4.74 Å². The summed E-state index contributed by atoms with van der Waals surface area (Å²) in [6.07, 6.45) is 1.54. The number of hydrogen-bond donors (Lipinski definition) is 2. The highest BCUT2D eigenvalue weighted by Gasteiger charge is 2.07. The lowest BCUT2D eigenvalue weighted by atomic mass is 10.1. The van der Waals surface area contributed by atoms with Gasteiger partial charge in [-0.3, -0.25) is 4.79 Å². The van der Waals surface area contributed by atoms with Gasteiger partial charge in [-0.05, 0) is 55.5 Å². The van der Waals surface area contributed by atoms with Crippen LogP contribution in [-0.4, -0.2) is 22.5 Å². The molecule has 1 amide bonds. The molecular weight excluding hydrogens is 388 g/mol. The average Bonchev–Trinajstić information content (AvgIpc) is 2.82. The van der Waals surface area contributed by atoms with Gasteiger partial charge in [0.2, 0.25) is 0 Å². The van der Waals surface area contributed by atoms with Gasteiger partial charge in [-0.2, -0.15) is 0 Å². The average molecular weight is 410 g/mol. The van der Waals surface area contributed by atoms with Crippen LogP contribution in [-0.2, 0) is 0 Å². The first-order chi connectivity index (χ1) is 15.2. The first kappa shape index (κ1) is 20.1. The molecule has 0 fully saturated rings. The van der Waals surface area contributed by atoms with E-state index in [9.17, 15) is 4.79 Å². The van der Waals surface area contributed by atoms with E-state index >= 15 is 0 Å². The highest BCUT2D eigenvalue weighted by atomic mass is 16.5. The molecule has 0 saturated heterocycles. The van der Waals surface area contributed by atoms with E-state index in [0.717, 1.165) is 22.7 Å². The molecule has 0 aliphatic carbocycles. The fourth-order valence-electron chi connectivity index (χ4n) is 3.05. The summed E-state index contributed by atoms with van der Waals surface area (Å²) in [4.78, 5) is 21.1. The Morgan fingerprint density at radius 3 is 2.29 bits per heavy atom. The van der Waals surface area contributed by atoms with Crippen LogP contribution in [0.15, 0.2) is 91.3 Å². The molecule has 0 aliphatic rings. The summed E-state index contributed by atoms with van der Waals surface area (Å²) in [5, 5.41) is 6.16. The van der Waals surface area contributed by atoms with E-state index < -0.39 is 0 Å². The van der Waals surface area contributed by atoms with Crippen LogP contribution >= 0.6 is 0 Å². The predicted molar refractivity (Wildman–Crippen MR) is 123 cm³/mol. The summed E-state index contributed by atoms with van der Waals surface area (Å²) in [5.41, 5.74) is 4.01. The van der Waals surface area contributed by atoms with Gasteiger partial charge in [0, 0.05) is 28.6 Å².